The summed E-state index contributed by atoms with van der Waals surface area (Å²) in [6.45, 7) is 3.34. The van der Waals surface area contributed by atoms with Gasteiger partial charge in [0.15, 0.2) is 0 Å². The zero-order valence-corrected chi connectivity index (χ0v) is 11.5. The number of amides is 2. The molecule has 5 nitrogen and oxygen atoms in total. The van der Waals surface area contributed by atoms with Crippen molar-refractivity contribution in [3.63, 3.8) is 0 Å². The van der Waals surface area contributed by atoms with Gasteiger partial charge in [0.1, 0.15) is 0 Å². The van der Waals surface area contributed by atoms with Gasteiger partial charge in [0, 0.05) is 6.54 Å². The summed E-state index contributed by atoms with van der Waals surface area (Å²) < 4.78 is 0. The lowest BCUT2D eigenvalue weighted by molar-refractivity contribution is -0.119. The summed E-state index contributed by atoms with van der Waals surface area (Å²) in [5, 5.41) is 5.93. The van der Waals surface area contributed by atoms with E-state index in [1.165, 1.54) is 0 Å². The molecule has 1 aliphatic rings. The maximum Gasteiger partial charge on any atom is 0.251 e. The molecule has 1 aliphatic heterocycles. The number of anilines is 1. The molecule has 1 saturated heterocycles. The maximum absolute atomic E-state index is 12.0. The summed E-state index contributed by atoms with van der Waals surface area (Å²) in [6, 6.07) is 5.30. The van der Waals surface area contributed by atoms with E-state index in [0.29, 0.717) is 17.8 Å². The monoisotopic (exact) mass is 283 g/mol. The highest BCUT2D eigenvalue weighted by Crippen LogP contribution is 2.20. The van der Waals surface area contributed by atoms with Gasteiger partial charge in [0.05, 0.1) is 17.2 Å². The summed E-state index contributed by atoms with van der Waals surface area (Å²) >= 11 is 0. The number of aryl methyl sites for hydroxylation is 1. The lowest BCUT2D eigenvalue weighted by atomic mass is 10.0. The van der Waals surface area contributed by atoms with Crippen molar-refractivity contribution in [3.05, 3.63) is 29.3 Å². The Hall–Kier alpha value is -1.59. The Morgan fingerprint density at radius 1 is 1.42 bits per heavy atom. The van der Waals surface area contributed by atoms with Gasteiger partial charge in [-0.25, -0.2) is 0 Å². The first-order chi connectivity index (χ1) is 8.59. The molecule has 6 heteroatoms. The van der Waals surface area contributed by atoms with Crippen molar-refractivity contribution in [2.75, 3.05) is 18.4 Å². The molecule has 0 radical (unpaired) electrons. The zero-order chi connectivity index (χ0) is 13.1. The second-order valence-corrected chi connectivity index (χ2v) is 4.54. The fraction of sp³-hybridized carbons (Fsp3) is 0.385. The van der Waals surface area contributed by atoms with Crippen molar-refractivity contribution >= 4 is 29.9 Å². The molecular weight excluding hydrogens is 266 g/mol. The Labute approximate surface area is 118 Å². The van der Waals surface area contributed by atoms with Crippen molar-refractivity contribution in [1.82, 2.24) is 5.32 Å². The summed E-state index contributed by atoms with van der Waals surface area (Å²) in [4.78, 5) is 23.4. The Morgan fingerprint density at radius 3 is 2.74 bits per heavy atom. The average molecular weight is 284 g/mol. The first kappa shape index (κ1) is 15.5. The predicted molar refractivity (Wildman–Crippen MR) is 76.6 cm³/mol. The molecule has 0 spiro atoms. The number of carbonyl (C=O) groups excluding carboxylic acids is 2. The van der Waals surface area contributed by atoms with Gasteiger partial charge in [-0.2, -0.15) is 0 Å². The Bertz CT molecular complexity index is 485. The number of hydrogen-bond acceptors (Lipinski definition) is 3. The Morgan fingerprint density at radius 2 is 2.16 bits per heavy atom. The third-order valence-corrected chi connectivity index (χ3v) is 3.21. The first-order valence-corrected chi connectivity index (χ1v) is 6.00. The number of nitrogens with one attached hydrogen (secondary N) is 2. The number of nitrogens with two attached hydrogens (primary N) is 1. The van der Waals surface area contributed by atoms with Crippen molar-refractivity contribution in [1.29, 1.82) is 0 Å². The first-order valence-electron chi connectivity index (χ1n) is 6.00. The van der Waals surface area contributed by atoms with E-state index in [2.05, 4.69) is 10.6 Å². The number of benzene rings is 1. The van der Waals surface area contributed by atoms with Crippen LogP contribution in [-0.2, 0) is 4.79 Å². The van der Waals surface area contributed by atoms with Crippen molar-refractivity contribution in [3.8, 4) is 0 Å². The highest BCUT2D eigenvalue weighted by atomic mass is 35.5. The summed E-state index contributed by atoms with van der Waals surface area (Å²) in [7, 11) is 0. The van der Waals surface area contributed by atoms with Gasteiger partial charge in [-0.3, -0.25) is 9.59 Å². The van der Waals surface area contributed by atoms with Gasteiger partial charge in [-0.05, 0) is 31.5 Å². The van der Waals surface area contributed by atoms with Crippen molar-refractivity contribution < 1.29 is 9.59 Å². The molecule has 2 rings (SSSR count). The SMILES string of the molecule is Cc1cccc(NC(=O)C2CCNC2)c1C(N)=O.Cl. The molecular formula is C13H18ClN3O2. The molecule has 1 fully saturated rings. The maximum atomic E-state index is 12.0. The topological polar surface area (TPSA) is 84.2 Å². The van der Waals surface area contributed by atoms with E-state index in [-0.39, 0.29) is 24.2 Å². The van der Waals surface area contributed by atoms with Crippen LogP contribution in [0.5, 0.6) is 0 Å². The van der Waals surface area contributed by atoms with Gasteiger partial charge in [-0.15, -0.1) is 12.4 Å². The van der Waals surface area contributed by atoms with E-state index in [1.807, 2.05) is 0 Å². The lowest BCUT2D eigenvalue weighted by Crippen LogP contribution is -2.26. The fourth-order valence-electron chi connectivity index (χ4n) is 2.21. The van der Waals surface area contributed by atoms with E-state index >= 15 is 0 Å². The molecule has 4 N–H and O–H groups in total. The van der Waals surface area contributed by atoms with Gasteiger partial charge in [-0.1, -0.05) is 12.1 Å². The van der Waals surface area contributed by atoms with E-state index in [4.69, 9.17) is 5.73 Å². The molecule has 1 aromatic carbocycles. The van der Waals surface area contributed by atoms with Crippen LogP contribution in [0, 0.1) is 12.8 Å². The average Bonchev–Trinajstić information content (AvgIpc) is 2.81. The van der Waals surface area contributed by atoms with Crippen LogP contribution in [0.3, 0.4) is 0 Å². The number of carbonyl (C=O) groups is 2. The normalized spacial score (nSPS) is 17.6. The van der Waals surface area contributed by atoms with E-state index in [1.54, 1.807) is 25.1 Å². The number of rotatable bonds is 3. The van der Waals surface area contributed by atoms with E-state index < -0.39 is 5.91 Å². The molecule has 1 unspecified atom stereocenters. The molecule has 19 heavy (non-hydrogen) atoms. The second kappa shape index (κ2) is 6.54. The number of halogens is 1. The molecule has 104 valence electrons. The van der Waals surface area contributed by atoms with Crippen LogP contribution in [0.4, 0.5) is 5.69 Å². The largest absolute Gasteiger partial charge is 0.366 e. The van der Waals surface area contributed by atoms with Crippen LogP contribution in [-0.4, -0.2) is 24.9 Å². The highest BCUT2D eigenvalue weighted by Gasteiger charge is 2.23. The fourth-order valence-corrected chi connectivity index (χ4v) is 2.21. The van der Waals surface area contributed by atoms with Crippen molar-refractivity contribution in [2.24, 2.45) is 11.7 Å². The van der Waals surface area contributed by atoms with Gasteiger partial charge >= 0.3 is 0 Å². The van der Waals surface area contributed by atoms with Crippen LogP contribution in [0.25, 0.3) is 0 Å². The van der Waals surface area contributed by atoms with E-state index in [0.717, 1.165) is 18.5 Å². The highest BCUT2D eigenvalue weighted by molar-refractivity contribution is 6.04. The molecule has 2 amide bonds. The summed E-state index contributed by atoms with van der Waals surface area (Å²) in [5.41, 5.74) is 7.00. The van der Waals surface area contributed by atoms with E-state index in [9.17, 15) is 9.59 Å². The van der Waals surface area contributed by atoms with Crippen LogP contribution in [0.15, 0.2) is 18.2 Å². The number of primary amides is 1. The van der Waals surface area contributed by atoms with Crippen LogP contribution in [0.2, 0.25) is 0 Å². The van der Waals surface area contributed by atoms with Gasteiger partial charge in [0.25, 0.3) is 5.91 Å². The molecule has 1 heterocycles. The summed E-state index contributed by atoms with van der Waals surface area (Å²) in [6.07, 6.45) is 0.823. The quantitative estimate of drug-likeness (QED) is 0.776. The number of hydrogen-bond donors (Lipinski definition) is 3. The molecule has 1 aromatic rings. The standard InChI is InChI=1S/C13H17N3O2.ClH/c1-8-3-2-4-10(11(8)12(14)17)16-13(18)9-5-6-15-7-9;/h2-4,9,15H,5-7H2,1H3,(H2,14,17)(H,16,18);1H. The minimum Gasteiger partial charge on any atom is -0.366 e. The second-order valence-electron chi connectivity index (χ2n) is 4.54. The molecule has 0 aromatic heterocycles. The molecule has 0 aliphatic carbocycles. The van der Waals surface area contributed by atoms with Crippen LogP contribution in [0.1, 0.15) is 22.3 Å². The predicted octanol–water partition coefficient (Wildman–Crippen LogP) is 1.06. The summed E-state index contributed by atoms with van der Waals surface area (Å²) in [5.74, 6) is -0.618. The van der Waals surface area contributed by atoms with Crippen LogP contribution >= 0.6 is 12.4 Å². The van der Waals surface area contributed by atoms with Crippen molar-refractivity contribution in [2.45, 2.75) is 13.3 Å². The van der Waals surface area contributed by atoms with Gasteiger partial charge in [0.2, 0.25) is 5.91 Å². The molecule has 0 bridgehead atoms. The van der Waals surface area contributed by atoms with Crippen LogP contribution < -0.4 is 16.4 Å². The Kier molecular flexibility index (Phi) is 5.32. The molecule has 1 atom stereocenters. The molecule has 0 saturated carbocycles. The zero-order valence-electron chi connectivity index (χ0n) is 10.7. The third-order valence-electron chi connectivity index (χ3n) is 3.21. The van der Waals surface area contributed by atoms with Gasteiger partial charge < -0.3 is 16.4 Å². The third kappa shape index (κ3) is 3.45. The Balaban J connectivity index is 0.00000180. The minimum absolute atomic E-state index is 0. The smallest absolute Gasteiger partial charge is 0.251 e. The minimum atomic E-state index is -0.520. The lowest BCUT2D eigenvalue weighted by Gasteiger charge is -2.13.